The first-order chi connectivity index (χ1) is 9.01. The van der Waals surface area contributed by atoms with Crippen molar-refractivity contribution in [2.45, 2.75) is 33.7 Å². The van der Waals surface area contributed by atoms with Crippen LogP contribution in [0.5, 0.6) is 0 Å². The van der Waals surface area contributed by atoms with Crippen molar-refractivity contribution in [3.8, 4) is 0 Å². The van der Waals surface area contributed by atoms with Gasteiger partial charge >= 0.3 is 0 Å². The zero-order valence-electron chi connectivity index (χ0n) is 11.4. The topological polar surface area (TPSA) is 34.9 Å². The lowest BCUT2D eigenvalue weighted by atomic mass is 10.0. The maximum atomic E-state index is 12.3. The molecule has 0 fully saturated rings. The van der Waals surface area contributed by atoms with Crippen molar-refractivity contribution in [3.05, 3.63) is 51.3 Å². The highest BCUT2D eigenvalue weighted by atomic mass is 79.9. The van der Waals surface area contributed by atoms with E-state index in [1.807, 2.05) is 49.7 Å². The Morgan fingerprint density at radius 2 is 2.05 bits per heavy atom. The highest BCUT2D eigenvalue weighted by Crippen LogP contribution is 2.19. The second-order valence-corrected chi connectivity index (χ2v) is 5.51. The second-order valence-electron chi connectivity index (χ2n) is 4.66. The fourth-order valence-corrected chi connectivity index (χ4v) is 2.43. The Hall–Kier alpha value is -1.42. The van der Waals surface area contributed by atoms with Gasteiger partial charge in [0.05, 0.1) is 12.1 Å². The number of carbonyl (C=O) groups is 1. The van der Waals surface area contributed by atoms with Crippen LogP contribution < -0.4 is 0 Å². The highest BCUT2D eigenvalue weighted by molar-refractivity contribution is 9.10. The molecule has 0 unspecified atom stereocenters. The molecule has 1 aromatic heterocycles. The number of rotatable bonds is 4. The van der Waals surface area contributed by atoms with Crippen molar-refractivity contribution in [1.82, 2.24) is 9.78 Å². The Morgan fingerprint density at radius 1 is 1.32 bits per heavy atom. The van der Waals surface area contributed by atoms with Crippen molar-refractivity contribution in [2.24, 2.45) is 0 Å². The molecule has 1 heterocycles. The second kappa shape index (κ2) is 5.70. The third-order valence-corrected chi connectivity index (χ3v) is 3.97. The molecule has 19 heavy (non-hydrogen) atoms. The van der Waals surface area contributed by atoms with Crippen LogP contribution in [0.25, 0.3) is 0 Å². The summed E-state index contributed by atoms with van der Waals surface area (Å²) in [5.74, 6) is 0.121. The molecule has 2 aromatic rings. The van der Waals surface area contributed by atoms with Crippen LogP contribution in [-0.2, 0) is 13.0 Å². The van der Waals surface area contributed by atoms with Gasteiger partial charge in [-0.3, -0.25) is 9.48 Å². The maximum Gasteiger partial charge on any atom is 0.168 e. The summed E-state index contributed by atoms with van der Waals surface area (Å²) in [5, 5.41) is 4.36. The van der Waals surface area contributed by atoms with Crippen LogP contribution in [0.1, 0.15) is 34.2 Å². The van der Waals surface area contributed by atoms with Gasteiger partial charge in [-0.15, -0.1) is 0 Å². The zero-order chi connectivity index (χ0) is 14.0. The molecule has 0 spiro atoms. The molecular formula is C15H17BrN2O. The summed E-state index contributed by atoms with van der Waals surface area (Å²) in [4.78, 5) is 12.3. The van der Waals surface area contributed by atoms with Crippen LogP contribution in [0.2, 0.25) is 0 Å². The van der Waals surface area contributed by atoms with E-state index in [2.05, 4.69) is 21.0 Å². The van der Waals surface area contributed by atoms with E-state index in [0.717, 1.165) is 33.5 Å². The SMILES string of the molecule is CCn1nc(C)cc1CC(=O)c1ccc(C)c(Br)c1. The van der Waals surface area contributed by atoms with Crippen molar-refractivity contribution in [2.75, 3.05) is 0 Å². The van der Waals surface area contributed by atoms with Gasteiger partial charge in [0.25, 0.3) is 0 Å². The standard InChI is InChI=1S/C15H17BrN2O/c1-4-18-13(7-11(3)17-18)9-15(19)12-6-5-10(2)14(16)8-12/h5-8H,4,9H2,1-3H3. The monoisotopic (exact) mass is 320 g/mol. The molecule has 0 N–H and O–H groups in total. The summed E-state index contributed by atoms with van der Waals surface area (Å²) in [6.07, 6.45) is 0.393. The number of benzene rings is 1. The van der Waals surface area contributed by atoms with E-state index in [9.17, 15) is 4.79 Å². The predicted octanol–water partition coefficient (Wildman–Crippen LogP) is 3.71. The Bertz CT molecular complexity index is 617. The van der Waals surface area contributed by atoms with E-state index in [0.29, 0.717) is 6.42 Å². The lowest BCUT2D eigenvalue weighted by molar-refractivity contribution is 0.0990. The minimum absolute atomic E-state index is 0.121. The number of carbonyl (C=O) groups excluding carboxylic acids is 1. The number of halogens is 1. The van der Waals surface area contributed by atoms with Gasteiger partial charge in [-0.1, -0.05) is 28.1 Å². The van der Waals surface area contributed by atoms with Gasteiger partial charge in [0.15, 0.2) is 5.78 Å². The van der Waals surface area contributed by atoms with Crippen LogP contribution in [0.3, 0.4) is 0 Å². The van der Waals surface area contributed by atoms with Gasteiger partial charge in [-0.25, -0.2) is 0 Å². The van der Waals surface area contributed by atoms with Crippen LogP contribution in [0.15, 0.2) is 28.7 Å². The minimum atomic E-state index is 0.121. The van der Waals surface area contributed by atoms with Crippen LogP contribution in [-0.4, -0.2) is 15.6 Å². The molecule has 0 saturated heterocycles. The zero-order valence-corrected chi connectivity index (χ0v) is 13.0. The molecule has 0 aliphatic carbocycles. The molecule has 0 bridgehead atoms. The Balaban J connectivity index is 2.22. The molecule has 2 rings (SSSR count). The molecular weight excluding hydrogens is 304 g/mol. The summed E-state index contributed by atoms with van der Waals surface area (Å²) < 4.78 is 2.86. The number of hydrogen-bond donors (Lipinski definition) is 0. The normalized spacial score (nSPS) is 10.7. The number of hydrogen-bond acceptors (Lipinski definition) is 2. The third kappa shape index (κ3) is 3.13. The van der Waals surface area contributed by atoms with Crippen LogP contribution >= 0.6 is 15.9 Å². The first kappa shape index (κ1) is 14.0. The summed E-state index contributed by atoms with van der Waals surface area (Å²) in [6, 6.07) is 7.70. The summed E-state index contributed by atoms with van der Waals surface area (Å²) >= 11 is 3.46. The lowest BCUT2D eigenvalue weighted by Gasteiger charge is -2.05. The van der Waals surface area contributed by atoms with Gasteiger partial charge in [-0.2, -0.15) is 5.10 Å². The van der Waals surface area contributed by atoms with E-state index in [1.54, 1.807) is 0 Å². The molecule has 0 aliphatic heterocycles. The summed E-state index contributed by atoms with van der Waals surface area (Å²) in [7, 11) is 0. The summed E-state index contributed by atoms with van der Waals surface area (Å²) in [6.45, 7) is 6.77. The molecule has 1 aromatic carbocycles. The first-order valence-electron chi connectivity index (χ1n) is 6.34. The van der Waals surface area contributed by atoms with E-state index in [1.165, 1.54) is 0 Å². The molecule has 0 atom stereocenters. The van der Waals surface area contributed by atoms with E-state index in [4.69, 9.17) is 0 Å². The number of aromatic nitrogens is 2. The predicted molar refractivity (Wildman–Crippen MR) is 79.6 cm³/mol. The Labute approximate surface area is 121 Å². The van der Waals surface area contributed by atoms with Gasteiger partial charge in [0, 0.05) is 22.3 Å². The maximum absolute atomic E-state index is 12.3. The molecule has 0 amide bonds. The Kier molecular flexibility index (Phi) is 4.20. The van der Waals surface area contributed by atoms with Gasteiger partial charge in [0.1, 0.15) is 0 Å². The minimum Gasteiger partial charge on any atom is -0.294 e. The molecule has 4 heteroatoms. The van der Waals surface area contributed by atoms with Crippen molar-refractivity contribution >= 4 is 21.7 Å². The molecule has 0 saturated carbocycles. The smallest absolute Gasteiger partial charge is 0.168 e. The lowest BCUT2D eigenvalue weighted by Crippen LogP contribution is -2.09. The third-order valence-electron chi connectivity index (χ3n) is 3.12. The highest BCUT2D eigenvalue weighted by Gasteiger charge is 2.12. The molecule has 3 nitrogen and oxygen atoms in total. The van der Waals surface area contributed by atoms with E-state index >= 15 is 0 Å². The largest absolute Gasteiger partial charge is 0.294 e. The van der Waals surface area contributed by atoms with Crippen molar-refractivity contribution in [1.29, 1.82) is 0 Å². The van der Waals surface area contributed by atoms with E-state index in [-0.39, 0.29) is 5.78 Å². The number of Topliss-reactive ketones (excluding diaryl/α,β-unsaturated/α-hetero) is 1. The van der Waals surface area contributed by atoms with Gasteiger partial charge < -0.3 is 0 Å². The van der Waals surface area contributed by atoms with Crippen molar-refractivity contribution < 1.29 is 4.79 Å². The number of ketones is 1. The number of aryl methyl sites for hydroxylation is 3. The van der Waals surface area contributed by atoms with Crippen LogP contribution in [0, 0.1) is 13.8 Å². The fourth-order valence-electron chi connectivity index (χ4n) is 2.05. The Morgan fingerprint density at radius 3 is 2.68 bits per heavy atom. The van der Waals surface area contributed by atoms with Crippen LogP contribution in [0.4, 0.5) is 0 Å². The molecule has 0 aliphatic rings. The first-order valence-corrected chi connectivity index (χ1v) is 7.13. The fraction of sp³-hybridized carbons (Fsp3) is 0.333. The van der Waals surface area contributed by atoms with Crippen molar-refractivity contribution in [3.63, 3.8) is 0 Å². The summed E-state index contributed by atoms with van der Waals surface area (Å²) in [5.41, 5.74) is 3.79. The quantitative estimate of drug-likeness (QED) is 0.805. The van der Waals surface area contributed by atoms with E-state index < -0.39 is 0 Å². The van der Waals surface area contributed by atoms with Gasteiger partial charge in [-0.05, 0) is 38.5 Å². The molecule has 0 radical (unpaired) electrons. The average molecular weight is 321 g/mol. The van der Waals surface area contributed by atoms with Gasteiger partial charge in [0.2, 0.25) is 0 Å². The number of nitrogens with zero attached hydrogens (tertiary/aromatic N) is 2. The molecule has 100 valence electrons. The average Bonchev–Trinajstić information content (AvgIpc) is 2.72.